The number of rotatable bonds is 8. The maximum absolute atomic E-state index is 14.1. The average molecular weight is 420 g/mol. The summed E-state index contributed by atoms with van der Waals surface area (Å²) in [6.45, 7) is 6.98. The van der Waals surface area contributed by atoms with Crippen LogP contribution in [0.25, 0.3) is 0 Å². The second-order valence-electron chi connectivity index (χ2n) is 6.76. The third-order valence-corrected chi connectivity index (χ3v) is 5.37. The lowest BCUT2D eigenvalue weighted by atomic mass is 9.94. The zero-order chi connectivity index (χ0) is 21.4. The van der Waals surface area contributed by atoms with Crippen LogP contribution in [-0.2, 0) is 10.1 Å². The van der Waals surface area contributed by atoms with Crippen molar-refractivity contribution in [3.63, 3.8) is 0 Å². The van der Waals surface area contributed by atoms with E-state index in [1.165, 1.54) is 18.2 Å². The summed E-state index contributed by atoms with van der Waals surface area (Å²) in [7, 11) is -6.44. The zero-order valence-corrected chi connectivity index (χ0v) is 16.3. The van der Waals surface area contributed by atoms with Gasteiger partial charge in [0, 0.05) is 6.42 Å². The molecular formula is C17H22F6O3S. The summed E-state index contributed by atoms with van der Waals surface area (Å²) in [4.78, 5) is 0. The van der Waals surface area contributed by atoms with Crippen LogP contribution in [0.5, 0.6) is 5.75 Å². The molecule has 27 heavy (non-hydrogen) atoms. The molecule has 3 nitrogen and oxygen atoms in total. The minimum absolute atomic E-state index is 0.172. The Kier molecular flexibility index (Phi) is 6.57. The molecular weight excluding hydrogens is 398 g/mol. The third-order valence-electron chi connectivity index (χ3n) is 4.10. The van der Waals surface area contributed by atoms with Crippen LogP contribution in [0.3, 0.4) is 0 Å². The van der Waals surface area contributed by atoms with Crippen molar-refractivity contribution < 1.29 is 38.9 Å². The fourth-order valence-corrected chi connectivity index (χ4v) is 3.31. The lowest BCUT2D eigenvalue weighted by Crippen LogP contribution is -2.58. The largest absolute Gasteiger partial charge is 0.449 e. The van der Waals surface area contributed by atoms with Gasteiger partial charge in [-0.2, -0.15) is 34.8 Å². The van der Waals surface area contributed by atoms with E-state index in [9.17, 15) is 34.8 Å². The average Bonchev–Trinajstić information content (AvgIpc) is 2.53. The lowest BCUT2D eigenvalue weighted by Gasteiger charge is -2.31. The number of alkyl halides is 6. The van der Waals surface area contributed by atoms with E-state index in [2.05, 4.69) is 4.18 Å². The second kappa shape index (κ2) is 7.52. The van der Waals surface area contributed by atoms with Crippen LogP contribution in [-0.4, -0.2) is 25.5 Å². The highest BCUT2D eigenvalue weighted by Gasteiger charge is 2.77. The fraction of sp³-hybridized carbons (Fsp3) is 0.647. The minimum atomic E-state index is -6.44. The first kappa shape index (κ1) is 23.6. The van der Waals surface area contributed by atoms with Crippen LogP contribution in [0.1, 0.15) is 64.0 Å². The third kappa shape index (κ3) is 4.05. The Morgan fingerprint density at radius 2 is 1.33 bits per heavy atom. The van der Waals surface area contributed by atoms with Crippen molar-refractivity contribution in [2.45, 2.75) is 70.0 Å². The molecule has 0 saturated carbocycles. The zero-order valence-electron chi connectivity index (χ0n) is 15.5. The first-order chi connectivity index (χ1) is 12.0. The van der Waals surface area contributed by atoms with E-state index >= 15 is 0 Å². The predicted octanol–water partition coefficient (Wildman–Crippen LogP) is 5.92. The molecule has 0 amide bonds. The van der Waals surface area contributed by atoms with Gasteiger partial charge in [0.2, 0.25) is 0 Å². The summed E-state index contributed by atoms with van der Waals surface area (Å²) >= 11 is 0. The first-order valence-electron chi connectivity index (χ1n) is 8.23. The molecule has 0 N–H and O–H groups in total. The smallest absolute Gasteiger partial charge is 0.377 e. The summed E-state index contributed by atoms with van der Waals surface area (Å²) in [5, 5.41) is -6.14. The highest BCUT2D eigenvalue weighted by atomic mass is 32.2. The van der Waals surface area contributed by atoms with Crippen LogP contribution in [0, 0.1) is 0 Å². The van der Waals surface area contributed by atoms with E-state index in [4.69, 9.17) is 0 Å². The molecule has 0 spiro atoms. The summed E-state index contributed by atoms with van der Waals surface area (Å²) < 4.78 is 111. The quantitative estimate of drug-likeness (QED) is 0.388. The van der Waals surface area contributed by atoms with Crippen molar-refractivity contribution in [3.05, 3.63) is 29.3 Å². The molecule has 1 aromatic rings. The van der Waals surface area contributed by atoms with Crippen LogP contribution >= 0.6 is 0 Å². The monoisotopic (exact) mass is 420 g/mol. The molecule has 0 aromatic heterocycles. The number of benzene rings is 1. The Balaban J connectivity index is 3.57. The van der Waals surface area contributed by atoms with E-state index in [-0.39, 0.29) is 11.1 Å². The SMILES string of the molecule is CCC(F)(F)C(F)(F)C(F)(F)S(=O)(=O)Oc1c(C(C)C)cccc1C(C)C. The Hall–Kier alpha value is -1.45. The Bertz CT molecular complexity index is 747. The molecule has 0 aliphatic rings. The van der Waals surface area contributed by atoms with Crippen molar-refractivity contribution >= 4 is 10.1 Å². The first-order valence-corrected chi connectivity index (χ1v) is 9.64. The Labute approximate surface area is 154 Å². The Morgan fingerprint density at radius 3 is 1.67 bits per heavy atom. The predicted molar refractivity (Wildman–Crippen MR) is 89.3 cm³/mol. The van der Waals surface area contributed by atoms with Gasteiger partial charge in [-0.05, 0) is 23.0 Å². The summed E-state index contributed by atoms with van der Waals surface area (Å²) in [6, 6.07) is 4.30. The number of hydrogen-bond acceptors (Lipinski definition) is 3. The normalized spacial score (nSPS) is 14.1. The van der Waals surface area contributed by atoms with Gasteiger partial charge < -0.3 is 4.18 Å². The maximum Gasteiger partial charge on any atom is 0.449 e. The van der Waals surface area contributed by atoms with Gasteiger partial charge in [0.1, 0.15) is 5.75 Å². The molecule has 10 heteroatoms. The topological polar surface area (TPSA) is 43.4 Å². The van der Waals surface area contributed by atoms with Crippen molar-refractivity contribution in [3.8, 4) is 5.75 Å². The standard InChI is InChI=1S/C17H22F6O3S/c1-6-15(18,19)16(20,21)17(22,23)27(24,25)26-14-12(10(2)3)8-7-9-13(14)11(4)5/h7-11H,6H2,1-5H3. The van der Waals surface area contributed by atoms with Crippen molar-refractivity contribution in [1.29, 1.82) is 0 Å². The molecule has 0 atom stereocenters. The molecule has 1 rings (SSSR count). The van der Waals surface area contributed by atoms with Crippen LogP contribution < -0.4 is 4.18 Å². The molecule has 1 aromatic carbocycles. The molecule has 0 saturated heterocycles. The van der Waals surface area contributed by atoms with Gasteiger partial charge in [-0.25, -0.2) is 0 Å². The molecule has 0 fully saturated rings. The van der Waals surface area contributed by atoms with Gasteiger partial charge in [0.25, 0.3) is 0 Å². The summed E-state index contributed by atoms with van der Waals surface area (Å²) in [6.07, 6.45) is -1.68. The molecule has 156 valence electrons. The molecule has 0 heterocycles. The van der Waals surface area contributed by atoms with Gasteiger partial charge in [-0.1, -0.05) is 52.8 Å². The lowest BCUT2D eigenvalue weighted by molar-refractivity contribution is -0.281. The summed E-state index contributed by atoms with van der Waals surface area (Å²) in [5.74, 6) is -12.7. The molecule has 0 aliphatic carbocycles. The maximum atomic E-state index is 14.1. The Morgan fingerprint density at radius 1 is 0.926 bits per heavy atom. The number of halogens is 6. The highest BCUT2D eigenvalue weighted by Crippen LogP contribution is 2.50. The van der Waals surface area contributed by atoms with Gasteiger partial charge in [0.05, 0.1) is 0 Å². The van der Waals surface area contributed by atoms with Crippen molar-refractivity contribution in [2.75, 3.05) is 0 Å². The fourth-order valence-electron chi connectivity index (χ4n) is 2.33. The highest BCUT2D eigenvalue weighted by molar-refractivity contribution is 7.88. The van der Waals surface area contributed by atoms with E-state index < -0.39 is 51.2 Å². The van der Waals surface area contributed by atoms with Crippen molar-refractivity contribution in [2.24, 2.45) is 0 Å². The molecule has 0 unspecified atom stereocenters. The molecule has 0 aliphatic heterocycles. The summed E-state index contributed by atoms with van der Waals surface area (Å²) in [5.41, 5.74) is 0.345. The van der Waals surface area contributed by atoms with Gasteiger partial charge in [0.15, 0.2) is 0 Å². The van der Waals surface area contributed by atoms with Gasteiger partial charge in [-0.15, -0.1) is 0 Å². The van der Waals surface area contributed by atoms with E-state index in [0.717, 1.165) is 0 Å². The second-order valence-corrected chi connectivity index (χ2v) is 8.35. The van der Waals surface area contributed by atoms with Crippen molar-refractivity contribution in [1.82, 2.24) is 0 Å². The number of para-hydroxylation sites is 1. The van der Waals surface area contributed by atoms with E-state index in [0.29, 0.717) is 6.92 Å². The molecule has 0 radical (unpaired) electrons. The molecule has 0 bridgehead atoms. The van der Waals surface area contributed by atoms with E-state index in [1.807, 2.05) is 0 Å². The van der Waals surface area contributed by atoms with E-state index in [1.54, 1.807) is 27.7 Å². The number of hydrogen-bond donors (Lipinski definition) is 0. The van der Waals surface area contributed by atoms with Gasteiger partial charge in [-0.3, -0.25) is 0 Å². The van der Waals surface area contributed by atoms with Crippen LogP contribution in [0.15, 0.2) is 18.2 Å². The van der Waals surface area contributed by atoms with Crippen LogP contribution in [0.4, 0.5) is 26.3 Å². The van der Waals surface area contributed by atoms with Crippen LogP contribution in [0.2, 0.25) is 0 Å². The minimum Gasteiger partial charge on any atom is -0.377 e. The van der Waals surface area contributed by atoms with Gasteiger partial charge >= 0.3 is 27.2 Å².